The van der Waals surface area contributed by atoms with Crippen molar-refractivity contribution < 1.29 is 15.0 Å². The van der Waals surface area contributed by atoms with Crippen LogP contribution < -0.4 is 0 Å². The fraction of sp³-hybridized carbons (Fsp3) is 0.316. The van der Waals surface area contributed by atoms with Crippen LogP contribution in [0.15, 0.2) is 12.1 Å². The molecule has 22 heavy (non-hydrogen) atoms. The second-order valence-electron chi connectivity index (χ2n) is 6.00. The number of phenols is 2. The van der Waals surface area contributed by atoms with Crippen molar-refractivity contribution in [1.29, 1.82) is 0 Å². The topological polar surface area (TPSA) is 57.5 Å². The smallest absolute Gasteiger partial charge is 0.194 e. The van der Waals surface area contributed by atoms with Crippen LogP contribution in [0.2, 0.25) is 0 Å². The molecule has 2 N–H and O–H groups in total. The molecule has 0 fully saturated rings. The van der Waals surface area contributed by atoms with Crippen molar-refractivity contribution in [2.45, 2.75) is 41.5 Å². The second-order valence-corrected chi connectivity index (χ2v) is 6.00. The number of ketones is 1. The lowest BCUT2D eigenvalue weighted by Gasteiger charge is -2.17. The zero-order valence-corrected chi connectivity index (χ0v) is 14.0. The molecule has 0 radical (unpaired) electrons. The zero-order valence-electron chi connectivity index (χ0n) is 14.0. The lowest BCUT2D eigenvalue weighted by atomic mass is 9.86. The molecule has 0 aromatic heterocycles. The van der Waals surface area contributed by atoms with Gasteiger partial charge >= 0.3 is 0 Å². The number of hydrogen-bond acceptors (Lipinski definition) is 3. The van der Waals surface area contributed by atoms with E-state index in [2.05, 4.69) is 0 Å². The van der Waals surface area contributed by atoms with Crippen molar-refractivity contribution in [3.05, 3.63) is 56.6 Å². The van der Waals surface area contributed by atoms with Crippen LogP contribution in [-0.2, 0) is 0 Å². The molecule has 0 unspecified atom stereocenters. The highest BCUT2D eigenvalue weighted by Gasteiger charge is 2.22. The summed E-state index contributed by atoms with van der Waals surface area (Å²) in [5, 5.41) is 19.8. The predicted octanol–water partition coefficient (Wildman–Crippen LogP) is 4.18. The summed E-state index contributed by atoms with van der Waals surface area (Å²) in [5.74, 6) is 0.361. The summed E-state index contributed by atoms with van der Waals surface area (Å²) in [5.41, 5.74) is 5.82. The van der Waals surface area contributed by atoms with E-state index in [0.29, 0.717) is 11.1 Å². The molecule has 0 aliphatic heterocycles. The first kappa shape index (κ1) is 16.1. The van der Waals surface area contributed by atoms with Gasteiger partial charge in [-0.15, -0.1) is 0 Å². The Balaban J connectivity index is 2.75. The van der Waals surface area contributed by atoms with Crippen LogP contribution in [0, 0.1) is 41.5 Å². The van der Waals surface area contributed by atoms with Crippen LogP contribution in [0.1, 0.15) is 49.3 Å². The van der Waals surface area contributed by atoms with E-state index < -0.39 is 0 Å². The lowest BCUT2D eigenvalue weighted by Crippen LogP contribution is -2.12. The fourth-order valence-electron chi connectivity index (χ4n) is 2.95. The van der Waals surface area contributed by atoms with Crippen LogP contribution >= 0.6 is 0 Å². The Bertz CT molecular complexity index is 721. The van der Waals surface area contributed by atoms with Gasteiger partial charge in [-0.3, -0.25) is 4.79 Å². The maximum absolute atomic E-state index is 13.1. The van der Waals surface area contributed by atoms with Crippen LogP contribution in [0.3, 0.4) is 0 Å². The van der Waals surface area contributed by atoms with Crippen molar-refractivity contribution in [1.82, 2.24) is 0 Å². The monoisotopic (exact) mass is 298 g/mol. The molecule has 0 aliphatic carbocycles. The van der Waals surface area contributed by atoms with Crippen LogP contribution in [0.25, 0.3) is 0 Å². The minimum Gasteiger partial charge on any atom is -0.508 e. The molecule has 0 saturated heterocycles. The van der Waals surface area contributed by atoms with E-state index in [-0.39, 0.29) is 17.3 Å². The Kier molecular flexibility index (Phi) is 4.01. The van der Waals surface area contributed by atoms with Crippen LogP contribution in [0.5, 0.6) is 11.5 Å². The van der Waals surface area contributed by atoms with Crippen molar-refractivity contribution in [3.63, 3.8) is 0 Å². The molecule has 0 spiro atoms. The van der Waals surface area contributed by atoms with E-state index in [1.165, 1.54) is 0 Å². The summed E-state index contributed by atoms with van der Waals surface area (Å²) in [6.07, 6.45) is 0. The SMILES string of the molecule is Cc1cc(O)c(C)c(C)c1C(=O)c1c(C)cc(O)c(C)c1C. The molecular weight excluding hydrogens is 276 g/mol. The standard InChI is InChI=1S/C19H22O3/c1-9-7-15(20)11(3)13(5)17(9)19(22)18-10(2)8-16(21)12(4)14(18)6/h7-8,20-21H,1-6H3. The highest BCUT2D eigenvalue weighted by molar-refractivity contribution is 6.13. The lowest BCUT2D eigenvalue weighted by molar-refractivity contribution is 0.103. The van der Waals surface area contributed by atoms with Crippen molar-refractivity contribution in [3.8, 4) is 11.5 Å². The summed E-state index contributed by atoms with van der Waals surface area (Å²) in [6.45, 7) is 11.0. The fourth-order valence-corrected chi connectivity index (χ4v) is 2.95. The number of hydrogen-bond donors (Lipinski definition) is 2. The Morgan fingerprint density at radius 2 is 1.00 bits per heavy atom. The Morgan fingerprint density at radius 3 is 1.32 bits per heavy atom. The van der Waals surface area contributed by atoms with Crippen LogP contribution in [0.4, 0.5) is 0 Å². The first-order valence-electron chi connectivity index (χ1n) is 7.31. The first-order valence-corrected chi connectivity index (χ1v) is 7.31. The van der Waals surface area contributed by atoms with E-state index in [1.54, 1.807) is 12.1 Å². The van der Waals surface area contributed by atoms with Gasteiger partial charge in [0.2, 0.25) is 0 Å². The number of aromatic hydroxyl groups is 2. The molecule has 0 atom stereocenters. The third kappa shape index (κ3) is 2.37. The van der Waals surface area contributed by atoms with Gasteiger partial charge in [-0.1, -0.05) is 0 Å². The summed E-state index contributed by atoms with van der Waals surface area (Å²) < 4.78 is 0. The maximum Gasteiger partial charge on any atom is 0.194 e. The van der Waals surface area contributed by atoms with Gasteiger partial charge in [-0.05, 0) is 87.1 Å². The van der Waals surface area contributed by atoms with Gasteiger partial charge < -0.3 is 10.2 Å². The van der Waals surface area contributed by atoms with E-state index >= 15 is 0 Å². The molecular formula is C19H22O3. The predicted molar refractivity (Wildman–Crippen MR) is 88.1 cm³/mol. The van der Waals surface area contributed by atoms with E-state index in [9.17, 15) is 15.0 Å². The Labute approximate surface area is 131 Å². The molecule has 2 aromatic carbocycles. The molecule has 3 nitrogen and oxygen atoms in total. The number of rotatable bonds is 2. The van der Waals surface area contributed by atoms with Crippen molar-refractivity contribution >= 4 is 5.78 Å². The largest absolute Gasteiger partial charge is 0.508 e. The number of aryl methyl sites for hydroxylation is 2. The minimum atomic E-state index is -0.0591. The number of benzene rings is 2. The van der Waals surface area contributed by atoms with Gasteiger partial charge in [0.1, 0.15) is 11.5 Å². The average Bonchev–Trinajstić information content (AvgIpc) is 2.42. The van der Waals surface area contributed by atoms with Crippen LogP contribution in [-0.4, -0.2) is 16.0 Å². The molecule has 0 amide bonds. The number of carbonyl (C=O) groups excluding carboxylic acids is 1. The van der Waals surface area contributed by atoms with E-state index in [1.807, 2.05) is 41.5 Å². The molecule has 2 aromatic rings. The van der Waals surface area contributed by atoms with E-state index in [4.69, 9.17) is 0 Å². The summed E-state index contributed by atoms with van der Waals surface area (Å²) in [6, 6.07) is 3.26. The Morgan fingerprint density at radius 1 is 0.682 bits per heavy atom. The normalized spacial score (nSPS) is 10.8. The van der Waals surface area contributed by atoms with Crippen molar-refractivity contribution in [2.24, 2.45) is 0 Å². The molecule has 0 aliphatic rings. The molecule has 0 saturated carbocycles. The van der Waals surface area contributed by atoms with Gasteiger partial charge in [0, 0.05) is 11.1 Å². The van der Waals surface area contributed by atoms with Gasteiger partial charge in [0.15, 0.2) is 5.78 Å². The summed E-state index contributed by atoms with van der Waals surface area (Å²) >= 11 is 0. The van der Waals surface area contributed by atoms with Gasteiger partial charge in [-0.2, -0.15) is 0 Å². The van der Waals surface area contributed by atoms with Gasteiger partial charge in [-0.25, -0.2) is 0 Å². The Hall–Kier alpha value is -2.29. The zero-order chi connectivity index (χ0) is 16.8. The minimum absolute atomic E-state index is 0.0591. The van der Waals surface area contributed by atoms with Crippen molar-refractivity contribution in [2.75, 3.05) is 0 Å². The first-order chi connectivity index (χ1) is 10.2. The quantitative estimate of drug-likeness (QED) is 0.818. The average molecular weight is 298 g/mol. The van der Waals surface area contributed by atoms with Gasteiger partial charge in [0.25, 0.3) is 0 Å². The molecule has 2 rings (SSSR count). The molecule has 116 valence electrons. The highest BCUT2D eigenvalue weighted by Crippen LogP contribution is 2.32. The maximum atomic E-state index is 13.1. The van der Waals surface area contributed by atoms with Gasteiger partial charge in [0.05, 0.1) is 0 Å². The number of phenolic OH excluding ortho intramolecular Hbond substituents is 2. The highest BCUT2D eigenvalue weighted by atomic mass is 16.3. The third-order valence-corrected chi connectivity index (χ3v) is 4.59. The summed E-state index contributed by atoms with van der Waals surface area (Å²) in [7, 11) is 0. The van der Waals surface area contributed by atoms with E-state index in [0.717, 1.165) is 33.4 Å². The molecule has 0 bridgehead atoms. The molecule has 0 heterocycles. The third-order valence-electron chi connectivity index (χ3n) is 4.59. The second kappa shape index (κ2) is 5.48. The summed E-state index contributed by atoms with van der Waals surface area (Å²) in [4.78, 5) is 13.1. The molecule has 3 heteroatoms. The number of carbonyl (C=O) groups is 1.